The summed E-state index contributed by atoms with van der Waals surface area (Å²) >= 11 is 3.29. The second kappa shape index (κ2) is 6.93. The molecule has 1 fully saturated rings. The summed E-state index contributed by atoms with van der Waals surface area (Å²) in [5, 5.41) is 11.7. The van der Waals surface area contributed by atoms with E-state index in [2.05, 4.69) is 21.2 Å². The molecule has 1 aliphatic carbocycles. The van der Waals surface area contributed by atoms with Crippen molar-refractivity contribution in [1.29, 1.82) is 0 Å². The molecule has 0 heterocycles. The number of carbonyl (C=O) groups excluding carboxylic acids is 1. The largest absolute Gasteiger partial charge is 0.478 e. The lowest BCUT2D eigenvalue weighted by Gasteiger charge is -2.31. The van der Waals surface area contributed by atoms with E-state index >= 15 is 0 Å². The maximum absolute atomic E-state index is 12.3. The lowest BCUT2D eigenvalue weighted by Crippen LogP contribution is -2.40. The van der Waals surface area contributed by atoms with Crippen molar-refractivity contribution in [2.45, 2.75) is 38.1 Å². The molecule has 1 aromatic carbocycles. The van der Waals surface area contributed by atoms with Crippen LogP contribution in [0, 0.1) is 0 Å². The zero-order chi connectivity index (χ0) is 15.4. The number of anilines is 1. The van der Waals surface area contributed by atoms with E-state index in [0.717, 1.165) is 12.8 Å². The first kappa shape index (κ1) is 15.8. The SMILES string of the molecule is CN(C(=O)Nc1ccc(C(=O)O)cc1Br)C1CCCCC1. The van der Waals surface area contributed by atoms with E-state index in [0.29, 0.717) is 10.2 Å². The number of rotatable bonds is 3. The lowest BCUT2D eigenvalue weighted by molar-refractivity contribution is 0.0697. The standard InChI is InChI=1S/C15H19BrN2O3/c1-18(11-5-3-2-4-6-11)15(21)17-13-8-7-10(14(19)20)9-12(13)16/h7-9,11H,2-6H2,1H3,(H,17,21)(H,19,20). The Morgan fingerprint density at radius 2 is 1.95 bits per heavy atom. The number of amides is 2. The smallest absolute Gasteiger partial charge is 0.335 e. The molecule has 1 aromatic rings. The third kappa shape index (κ3) is 3.97. The normalized spacial score (nSPS) is 15.5. The van der Waals surface area contributed by atoms with Crippen molar-refractivity contribution in [3.05, 3.63) is 28.2 Å². The fourth-order valence-electron chi connectivity index (χ4n) is 2.59. The highest BCUT2D eigenvalue weighted by Gasteiger charge is 2.22. The molecule has 6 heteroatoms. The molecule has 2 rings (SSSR count). The number of hydrogen-bond donors (Lipinski definition) is 2. The van der Waals surface area contributed by atoms with Crippen molar-refractivity contribution < 1.29 is 14.7 Å². The Morgan fingerprint density at radius 3 is 2.52 bits per heavy atom. The summed E-state index contributed by atoms with van der Waals surface area (Å²) in [6.45, 7) is 0. The highest BCUT2D eigenvalue weighted by Crippen LogP contribution is 2.26. The van der Waals surface area contributed by atoms with Crippen molar-refractivity contribution >= 4 is 33.6 Å². The Bertz CT molecular complexity index is 542. The van der Waals surface area contributed by atoms with Gasteiger partial charge in [-0.15, -0.1) is 0 Å². The Morgan fingerprint density at radius 1 is 1.29 bits per heavy atom. The average Bonchev–Trinajstić information content (AvgIpc) is 2.49. The second-order valence-electron chi connectivity index (χ2n) is 5.33. The van der Waals surface area contributed by atoms with Gasteiger partial charge in [-0.05, 0) is 47.0 Å². The van der Waals surface area contributed by atoms with Crippen LogP contribution in [0.25, 0.3) is 0 Å². The molecular weight excluding hydrogens is 336 g/mol. The van der Waals surface area contributed by atoms with Gasteiger partial charge in [-0.1, -0.05) is 19.3 Å². The van der Waals surface area contributed by atoms with E-state index in [1.54, 1.807) is 11.0 Å². The third-order valence-electron chi connectivity index (χ3n) is 3.90. The number of aromatic carboxylic acids is 1. The predicted molar refractivity (Wildman–Crippen MR) is 84.8 cm³/mol. The molecule has 0 aliphatic heterocycles. The van der Waals surface area contributed by atoms with Crippen LogP contribution in [0.3, 0.4) is 0 Å². The molecule has 1 saturated carbocycles. The predicted octanol–water partition coefficient (Wildman–Crippen LogP) is 3.94. The maximum atomic E-state index is 12.3. The van der Waals surface area contributed by atoms with Crippen LogP contribution in [0.15, 0.2) is 22.7 Å². The molecule has 5 nitrogen and oxygen atoms in total. The monoisotopic (exact) mass is 354 g/mol. The molecule has 0 unspecified atom stereocenters. The molecule has 1 aliphatic rings. The van der Waals surface area contributed by atoms with Crippen LogP contribution < -0.4 is 5.32 Å². The summed E-state index contributed by atoms with van der Waals surface area (Å²) in [6, 6.07) is 4.68. The summed E-state index contributed by atoms with van der Waals surface area (Å²) in [6.07, 6.45) is 5.67. The topological polar surface area (TPSA) is 69.6 Å². The zero-order valence-electron chi connectivity index (χ0n) is 11.9. The minimum Gasteiger partial charge on any atom is -0.478 e. The number of carbonyl (C=O) groups is 2. The van der Waals surface area contributed by atoms with Crippen molar-refractivity contribution in [3.63, 3.8) is 0 Å². The van der Waals surface area contributed by atoms with Gasteiger partial charge in [-0.25, -0.2) is 9.59 Å². The number of urea groups is 1. The minimum atomic E-state index is -0.993. The number of carboxylic acids is 1. The van der Waals surface area contributed by atoms with E-state index in [1.165, 1.54) is 31.4 Å². The molecule has 114 valence electrons. The average molecular weight is 355 g/mol. The first-order valence-corrected chi connectivity index (χ1v) is 7.85. The van der Waals surface area contributed by atoms with Crippen LogP contribution in [0.5, 0.6) is 0 Å². The Labute approximate surface area is 132 Å². The minimum absolute atomic E-state index is 0.161. The van der Waals surface area contributed by atoms with E-state index in [-0.39, 0.29) is 17.6 Å². The summed E-state index contributed by atoms with van der Waals surface area (Å²) in [7, 11) is 1.81. The molecule has 21 heavy (non-hydrogen) atoms. The number of benzene rings is 1. The van der Waals surface area contributed by atoms with Crippen LogP contribution in [-0.4, -0.2) is 35.1 Å². The van der Waals surface area contributed by atoms with E-state index in [4.69, 9.17) is 5.11 Å². The van der Waals surface area contributed by atoms with Crippen molar-refractivity contribution in [3.8, 4) is 0 Å². The Hall–Kier alpha value is -1.56. The second-order valence-corrected chi connectivity index (χ2v) is 6.19. The summed E-state index contributed by atoms with van der Waals surface area (Å²) < 4.78 is 0.563. The third-order valence-corrected chi connectivity index (χ3v) is 4.56. The van der Waals surface area contributed by atoms with Crippen LogP contribution >= 0.6 is 15.9 Å². The van der Waals surface area contributed by atoms with Crippen LogP contribution in [0.1, 0.15) is 42.5 Å². The first-order valence-electron chi connectivity index (χ1n) is 7.05. The number of halogens is 1. The molecule has 0 spiro atoms. The van der Waals surface area contributed by atoms with Gasteiger partial charge in [0.25, 0.3) is 0 Å². The van der Waals surface area contributed by atoms with E-state index < -0.39 is 5.97 Å². The number of carboxylic acid groups (broad SMARTS) is 1. The lowest BCUT2D eigenvalue weighted by atomic mass is 9.95. The molecule has 2 amide bonds. The van der Waals surface area contributed by atoms with Gasteiger partial charge in [-0.2, -0.15) is 0 Å². The van der Waals surface area contributed by atoms with Gasteiger partial charge >= 0.3 is 12.0 Å². The van der Waals surface area contributed by atoms with Gasteiger partial charge in [0.2, 0.25) is 0 Å². The van der Waals surface area contributed by atoms with E-state index in [9.17, 15) is 9.59 Å². The van der Waals surface area contributed by atoms with E-state index in [1.807, 2.05) is 7.05 Å². The summed E-state index contributed by atoms with van der Waals surface area (Å²) in [4.78, 5) is 24.9. The van der Waals surface area contributed by atoms with Gasteiger partial charge in [0.05, 0.1) is 11.3 Å². The molecule has 2 N–H and O–H groups in total. The van der Waals surface area contributed by atoms with Gasteiger partial charge in [0.1, 0.15) is 0 Å². The quantitative estimate of drug-likeness (QED) is 0.863. The molecule has 0 aromatic heterocycles. The van der Waals surface area contributed by atoms with Crippen LogP contribution in [0.2, 0.25) is 0 Å². The Kier molecular flexibility index (Phi) is 5.22. The van der Waals surface area contributed by atoms with Crippen molar-refractivity contribution in [1.82, 2.24) is 4.90 Å². The Balaban J connectivity index is 2.03. The molecular formula is C15H19BrN2O3. The first-order chi connectivity index (χ1) is 9.99. The maximum Gasteiger partial charge on any atom is 0.335 e. The highest BCUT2D eigenvalue weighted by molar-refractivity contribution is 9.10. The summed E-state index contributed by atoms with van der Waals surface area (Å²) in [5.41, 5.74) is 0.758. The van der Waals surface area contributed by atoms with Crippen molar-refractivity contribution in [2.24, 2.45) is 0 Å². The van der Waals surface area contributed by atoms with Crippen molar-refractivity contribution in [2.75, 3.05) is 12.4 Å². The van der Waals surface area contributed by atoms with Crippen LogP contribution in [0.4, 0.5) is 10.5 Å². The molecule has 0 atom stereocenters. The summed E-state index contributed by atoms with van der Waals surface area (Å²) in [5.74, 6) is -0.993. The number of hydrogen-bond acceptors (Lipinski definition) is 2. The van der Waals surface area contributed by atoms with Gasteiger partial charge in [-0.3, -0.25) is 0 Å². The van der Waals surface area contributed by atoms with Gasteiger partial charge in [0, 0.05) is 17.6 Å². The van der Waals surface area contributed by atoms with Gasteiger partial charge < -0.3 is 15.3 Å². The van der Waals surface area contributed by atoms with Gasteiger partial charge in [0.15, 0.2) is 0 Å². The number of nitrogens with zero attached hydrogens (tertiary/aromatic N) is 1. The molecule has 0 saturated heterocycles. The van der Waals surface area contributed by atoms with Crippen LogP contribution in [-0.2, 0) is 0 Å². The molecule has 0 bridgehead atoms. The fourth-order valence-corrected chi connectivity index (χ4v) is 3.06. The number of nitrogens with one attached hydrogen (secondary N) is 1. The fraction of sp³-hybridized carbons (Fsp3) is 0.467. The molecule has 0 radical (unpaired) electrons. The zero-order valence-corrected chi connectivity index (χ0v) is 13.5. The highest BCUT2D eigenvalue weighted by atomic mass is 79.9.